The van der Waals surface area contributed by atoms with Crippen LogP contribution in [-0.2, 0) is 5.41 Å². The van der Waals surface area contributed by atoms with Gasteiger partial charge in [0.1, 0.15) is 0 Å². The lowest BCUT2D eigenvalue weighted by molar-refractivity contribution is 0.457. The average Bonchev–Trinajstić information content (AvgIpc) is 2.42. The highest BCUT2D eigenvalue weighted by Gasteiger charge is 2.24. The number of rotatable bonds is 4. The highest BCUT2D eigenvalue weighted by atomic mass is 79.9. The first-order valence-electron chi connectivity index (χ1n) is 4.92. The fraction of sp³-hybridized carbons (Fsp3) is 0.636. The van der Waals surface area contributed by atoms with Gasteiger partial charge in [0.2, 0.25) is 0 Å². The number of hydrogen-bond donors (Lipinski definition) is 0. The lowest BCUT2D eigenvalue weighted by atomic mass is 9.82. The van der Waals surface area contributed by atoms with Crippen LogP contribution in [0.3, 0.4) is 0 Å². The van der Waals surface area contributed by atoms with Crippen molar-refractivity contribution in [2.45, 2.75) is 45.4 Å². The van der Waals surface area contributed by atoms with Crippen LogP contribution in [0.5, 0.6) is 0 Å². The summed E-state index contributed by atoms with van der Waals surface area (Å²) in [5, 5.41) is 0. The third-order valence-electron chi connectivity index (χ3n) is 2.54. The predicted molar refractivity (Wildman–Crippen MR) is 72.3 cm³/mol. The molecule has 0 aliphatic rings. The van der Waals surface area contributed by atoms with Gasteiger partial charge in [-0.2, -0.15) is 0 Å². The van der Waals surface area contributed by atoms with Gasteiger partial charge in [-0.15, -0.1) is 11.3 Å². The molecular formula is C11H16Br2S. The van der Waals surface area contributed by atoms with E-state index < -0.39 is 0 Å². The summed E-state index contributed by atoms with van der Waals surface area (Å²) in [6.07, 6.45) is 3.82. The predicted octanol–water partition coefficient (Wildman–Crippen LogP) is 5.74. The van der Waals surface area contributed by atoms with Crippen molar-refractivity contribution < 1.29 is 0 Å². The van der Waals surface area contributed by atoms with Crippen molar-refractivity contribution in [3.05, 3.63) is 19.2 Å². The Bertz CT molecular complexity index is 302. The zero-order valence-electron chi connectivity index (χ0n) is 8.86. The fourth-order valence-corrected chi connectivity index (χ4v) is 4.89. The molecule has 0 fully saturated rings. The first-order chi connectivity index (χ1) is 6.47. The average molecular weight is 340 g/mol. The molecule has 0 aromatic carbocycles. The van der Waals surface area contributed by atoms with Gasteiger partial charge in [-0.05, 0) is 55.3 Å². The number of unbranched alkanes of at least 4 members (excludes halogenated alkanes) is 1. The van der Waals surface area contributed by atoms with E-state index >= 15 is 0 Å². The van der Waals surface area contributed by atoms with E-state index in [-0.39, 0.29) is 5.41 Å². The standard InChI is InChI=1S/C11H16Br2S/c1-4-5-6-11(2,3)8-7-9(12)14-10(8)13/h7H,4-6H2,1-3H3. The molecule has 0 unspecified atom stereocenters. The molecular weight excluding hydrogens is 324 g/mol. The summed E-state index contributed by atoms with van der Waals surface area (Å²) in [7, 11) is 0. The second kappa shape index (κ2) is 5.13. The summed E-state index contributed by atoms with van der Waals surface area (Å²) < 4.78 is 2.48. The molecule has 1 aromatic rings. The van der Waals surface area contributed by atoms with Gasteiger partial charge in [-0.1, -0.05) is 33.6 Å². The Morgan fingerprint density at radius 3 is 2.43 bits per heavy atom. The van der Waals surface area contributed by atoms with Crippen LogP contribution in [0.2, 0.25) is 0 Å². The molecule has 0 spiro atoms. The fourth-order valence-electron chi connectivity index (χ4n) is 1.56. The Morgan fingerprint density at radius 1 is 1.36 bits per heavy atom. The van der Waals surface area contributed by atoms with Crippen LogP contribution < -0.4 is 0 Å². The Labute approximate surface area is 107 Å². The van der Waals surface area contributed by atoms with Gasteiger partial charge in [-0.3, -0.25) is 0 Å². The Morgan fingerprint density at radius 2 is 2.00 bits per heavy atom. The maximum Gasteiger partial charge on any atom is 0.0747 e. The highest BCUT2D eigenvalue weighted by molar-refractivity contribution is 9.12. The van der Waals surface area contributed by atoms with Crippen LogP contribution in [-0.4, -0.2) is 0 Å². The SMILES string of the molecule is CCCCC(C)(C)c1cc(Br)sc1Br. The van der Waals surface area contributed by atoms with E-state index in [0.717, 1.165) is 0 Å². The van der Waals surface area contributed by atoms with Gasteiger partial charge in [0.05, 0.1) is 7.57 Å². The molecule has 0 saturated heterocycles. The molecule has 0 radical (unpaired) electrons. The van der Waals surface area contributed by atoms with E-state index in [1.54, 1.807) is 11.3 Å². The zero-order valence-corrected chi connectivity index (χ0v) is 12.9. The number of hydrogen-bond acceptors (Lipinski definition) is 1. The third kappa shape index (κ3) is 3.07. The molecule has 1 rings (SSSR count). The normalized spacial score (nSPS) is 12.1. The molecule has 0 nitrogen and oxygen atoms in total. The first-order valence-corrected chi connectivity index (χ1v) is 7.33. The molecule has 0 aliphatic carbocycles. The molecule has 0 atom stereocenters. The van der Waals surface area contributed by atoms with Crippen molar-refractivity contribution in [1.29, 1.82) is 0 Å². The molecule has 0 amide bonds. The molecule has 80 valence electrons. The molecule has 0 saturated carbocycles. The summed E-state index contributed by atoms with van der Waals surface area (Å²) in [6.45, 7) is 6.89. The number of thiophene rings is 1. The Hall–Kier alpha value is 0.660. The molecule has 1 aromatic heterocycles. The molecule has 14 heavy (non-hydrogen) atoms. The van der Waals surface area contributed by atoms with Gasteiger partial charge in [-0.25, -0.2) is 0 Å². The molecule has 3 heteroatoms. The third-order valence-corrected chi connectivity index (χ3v) is 4.88. The van der Waals surface area contributed by atoms with Gasteiger partial charge < -0.3 is 0 Å². The van der Waals surface area contributed by atoms with Crippen LogP contribution in [0.15, 0.2) is 13.6 Å². The maximum atomic E-state index is 3.63. The van der Waals surface area contributed by atoms with Gasteiger partial charge in [0.15, 0.2) is 0 Å². The van der Waals surface area contributed by atoms with Crippen molar-refractivity contribution >= 4 is 43.2 Å². The van der Waals surface area contributed by atoms with Crippen molar-refractivity contribution in [1.82, 2.24) is 0 Å². The zero-order chi connectivity index (χ0) is 10.8. The summed E-state index contributed by atoms with van der Waals surface area (Å²) in [5.74, 6) is 0. The van der Waals surface area contributed by atoms with Crippen molar-refractivity contribution in [3.8, 4) is 0 Å². The van der Waals surface area contributed by atoms with E-state index in [0.29, 0.717) is 0 Å². The number of halogens is 2. The second-order valence-electron chi connectivity index (χ2n) is 4.23. The smallest absolute Gasteiger partial charge is 0.0747 e. The van der Waals surface area contributed by atoms with Crippen molar-refractivity contribution in [2.75, 3.05) is 0 Å². The van der Waals surface area contributed by atoms with Gasteiger partial charge in [0, 0.05) is 0 Å². The van der Waals surface area contributed by atoms with E-state index in [1.807, 2.05) is 0 Å². The minimum Gasteiger partial charge on any atom is -0.121 e. The van der Waals surface area contributed by atoms with Crippen molar-refractivity contribution in [3.63, 3.8) is 0 Å². The minimum atomic E-state index is 0.289. The summed E-state index contributed by atoms with van der Waals surface area (Å²) in [6, 6.07) is 2.24. The minimum absolute atomic E-state index is 0.289. The highest BCUT2D eigenvalue weighted by Crippen LogP contribution is 2.41. The Kier molecular flexibility index (Phi) is 4.66. The van der Waals surface area contributed by atoms with Crippen LogP contribution >= 0.6 is 43.2 Å². The second-order valence-corrected chi connectivity index (χ2v) is 7.97. The monoisotopic (exact) mass is 338 g/mol. The summed E-state index contributed by atoms with van der Waals surface area (Å²) >= 11 is 8.93. The lowest BCUT2D eigenvalue weighted by Gasteiger charge is -2.24. The van der Waals surface area contributed by atoms with E-state index in [9.17, 15) is 0 Å². The van der Waals surface area contributed by atoms with E-state index in [4.69, 9.17) is 0 Å². The maximum absolute atomic E-state index is 3.63. The summed E-state index contributed by atoms with van der Waals surface area (Å²) in [4.78, 5) is 0. The molecule has 0 aliphatic heterocycles. The van der Waals surface area contributed by atoms with Crippen LogP contribution in [0.1, 0.15) is 45.6 Å². The van der Waals surface area contributed by atoms with Crippen LogP contribution in [0.4, 0.5) is 0 Å². The molecule has 0 bridgehead atoms. The largest absolute Gasteiger partial charge is 0.121 e. The van der Waals surface area contributed by atoms with E-state index in [1.165, 1.54) is 32.4 Å². The van der Waals surface area contributed by atoms with Crippen molar-refractivity contribution in [2.24, 2.45) is 0 Å². The lowest BCUT2D eigenvalue weighted by Crippen LogP contribution is -2.16. The summed E-state index contributed by atoms with van der Waals surface area (Å²) in [5.41, 5.74) is 1.72. The van der Waals surface area contributed by atoms with Gasteiger partial charge in [0.25, 0.3) is 0 Å². The quantitative estimate of drug-likeness (QED) is 0.656. The Balaban J connectivity index is 2.85. The van der Waals surface area contributed by atoms with Crippen LogP contribution in [0.25, 0.3) is 0 Å². The molecule has 0 N–H and O–H groups in total. The van der Waals surface area contributed by atoms with Crippen LogP contribution in [0, 0.1) is 0 Å². The first kappa shape index (κ1) is 12.7. The van der Waals surface area contributed by atoms with Gasteiger partial charge >= 0.3 is 0 Å². The molecule has 1 heterocycles. The van der Waals surface area contributed by atoms with E-state index in [2.05, 4.69) is 58.7 Å². The topological polar surface area (TPSA) is 0 Å².